The van der Waals surface area contributed by atoms with E-state index < -0.39 is 23.8 Å². The maximum atomic E-state index is 14.4. The van der Waals surface area contributed by atoms with Crippen molar-refractivity contribution in [2.75, 3.05) is 18.6 Å². The number of rotatable bonds is 16. The van der Waals surface area contributed by atoms with E-state index >= 15 is 0 Å². The highest BCUT2D eigenvalue weighted by Gasteiger charge is 2.37. The van der Waals surface area contributed by atoms with Gasteiger partial charge < -0.3 is 20.3 Å². The number of hydrogen-bond acceptors (Lipinski definition) is 5. The first kappa shape index (κ1) is 35.5. The Kier molecular flexibility index (Phi) is 15.9. The first-order chi connectivity index (χ1) is 20.1. The Morgan fingerprint density at radius 1 is 1.07 bits per heavy atom. The molecule has 1 aliphatic rings. The largest absolute Gasteiger partial charge is 0.444 e. The van der Waals surface area contributed by atoms with Gasteiger partial charge in [-0.05, 0) is 70.1 Å². The summed E-state index contributed by atoms with van der Waals surface area (Å²) in [7, 11) is 0. The van der Waals surface area contributed by atoms with Crippen LogP contribution in [0.4, 0.5) is 4.79 Å². The Morgan fingerprint density at radius 2 is 1.74 bits per heavy atom. The maximum absolute atomic E-state index is 14.4. The van der Waals surface area contributed by atoms with Crippen molar-refractivity contribution < 1.29 is 19.1 Å². The van der Waals surface area contributed by atoms with Crippen LogP contribution in [0.5, 0.6) is 0 Å². The summed E-state index contributed by atoms with van der Waals surface area (Å²) in [6.07, 6.45) is 19.1. The van der Waals surface area contributed by atoms with E-state index in [4.69, 9.17) is 11.2 Å². The van der Waals surface area contributed by atoms with Gasteiger partial charge >= 0.3 is 6.09 Å². The Labute approximate surface area is 258 Å². The number of amides is 3. The second-order valence-corrected chi connectivity index (χ2v) is 13.2. The minimum absolute atomic E-state index is 0.0740. The molecule has 42 heavy (non-hydrogen) atoms. The molecule has 0 spiro atoms. The van der Waals surface area contributed by atoms with E-state index in [1.165, 1.54) is 12.8 Å². The molecular weight excluding hydrogens is 546 g/mol. The van der Waals surface area contributed by atoms with Gasteiger partial charge in [0.1, 0.15) is 17.7 Å². The number of unbranched alkanes of at least 4 members (excludes halogenated alkanes) is 5. The average molecular weight is 600 g/mol. The molecule has 0 aliphatic heterocycles. The lowest BCUT2D eigenvalue weighted by Crippen LogP contribution is -2.54. The molecule has 1 fully saturated rings. The third-order valence-electron chi connectivity index (χ3n) is 7.56. The molecule has 7 nitrogen and oxygen atoms in total. The van der Waals surface area contributed by atoms with Gasteiger partial charge in [-0.25, -0.2) is 4.79 Å². The zero-order valence-corrected chi connectivity index (χ0v) is 27.3. The smallest absolute Gasteiger partial charge is 0.408 e. The summed E-state index contributed by atoms with van der Waals surface area (Å²) >= 11 is 1.60. The fraction of sp³-hybridized carbons (Fsp3) is 0.676. The maximum Gasteiger partial charge on any atom is 0.408 e. The fourth-order valence-electron chi connectivity index (χ4n) is 5.42. The summed E-state index contributed by atoms with van der Waals surface area (Å²) in [5.74, 6) is 2.88. The van der Waals surface area contributed by atoms with Gasteiger partial charge in [0.05, 0.1) is 0 Å². The summed E-state index contributed by atoms with van der Waals surface area (Å²) < 4.78 is 5.51. The van der Waals surface area contributed by atoms with Crippen molar-refractivity contribution in [2.45, 2.75) is 128 Å². The zero-order valence-electron chi connectivity index (χ0n) is 26.5. The fourth-order valence-corrected chi connectivity index (χ4v) is 5.89. The molecule has 1 aromatic carbocycles. The molecule has 1 aromatic rings. The number of hydrogen-bond donors (Lipinski definition) is 2. The quantitative estimate of drug-likeness (QED) is 0.158. The van der Waals surface area contributed by atoms with Crippen molar-refractivity contribution in [1.29, 1.82) is 0 Å². The van der Waals surface area contributed by atoms with E-state index in [1.807, 2.05) is 30.5 Å². The Hall–Kier alpha value is -2.66. The van der Waals surface area contributed by atoms with E-state index in [0.29, 0.717) is 29.8 Å². The number of nitrogens with one attached hydrogen (secondary N) is 2. The van der Waals surface area contributed by atoms with Crippen LogP contribution in [0.15, 0.2) is 24.3 Å². The van der Waals surface area contributed by atoms with Gasteiger partial charge in [0.2, 0.25) is 11.8 Å². The summed E-state index contributed by atoms with van der Waals surface area (Å²) in [4.78, 5) is 43.1. The van der Waals surface area contributed by atoms with E-state index in [9.17, 15) is 14.4 Å². The number of alkyl carbamates (subject to hydrolysis) is 1. The summed E-state index contributed by atoms with van der Waals surface area (Å²) in [6, 6.07) is 5.70. The molecule has 3 amide bonds. The second kappa shape index (κ2) is 18.8. The highest BCUT2D eigenvalue weighted by Crippen LogP contribution is 2.28. The van der Waals surface area contributed by atoms with Crippen LogP contribution in [0.1, 0.15) is 122 Å². The highest BCUT2D eigenvalue weighted by atomic mass is 32.2. The summed E-state index contributed by atoms with van der Waals surface area (Å²) in [5.41, 5.74) is 0.514. The second-order valence-electron chi connectivity index (χ2n) is 12.3. The number of terminal acetylenes is 1. The molecule has 2 N–H and O–H groups in total. The van der Waals surface area contributed by atoms with Crippen molar-refractivity contribution in [3.05, 3.63) is 35.4 Å². The van der Waals surface area contributed by atoms with E-state index in [0.717, 1.165) is 57.8 Å². The Morgan fingerprint density at radius 3 is 2.38 bits per heavy atom. The first-order valence-electron chi connectivity index (χ1n) is 15.8. The lowest BCUT2D eigenvalue weighted by molar-refractivity contribution is -0.143. The van der Waals surface area contributed by atoms with Crippen LogP contribution in [0.2, 0.25) is 0 Å². The minimum atomic E-state index is -0.903. The van der Waals surface area contributed by atoms with Crippen molar-refractivity contribution in [3.63, 3.8) is 0 Å². The van der Waals surface area contributed by atoms with Crippen LogP contribution in [-0.2, 0) is 14.3 Å². The predicted octanol–water partition coefficient (Wildman–Crippen LogP) is 6.99. The van der Waals surface area contributed by atoms with Crippen molar-refractivity contribution >= 4 is 29.7 Å². The third-order valence-corrected chi connectivity index (χ3v) is 8.20. The van der Waals surface area contributed by atoms with Crippen molar-refractivity contribution in [2.24, 2.45) is 0 Å². The van der Waals surface area contributed by atoms with Crippen LogP contribution in [0.25, 0.3) is 0 Å². The molecule has 0 radical (unpaired) electrons. The Bertz CT molecular complexity index is 1030. The van der Waals surface area contributed by atoms with Crippen LogP contribution >= 0.6 is 11.8 Å². The third kappa shape index (κ3) is 12.3. The number of benzene rings is 1. The lowest BCUT2D eigenvalue weighted by atomic mass is 9.93. The number of nitrogens with zero attached hydrogens (tertiary/aromatic N) is 1. The monoisotopic (exact) mass is 599 g/mol. The van der Waals surface area contributed by atoms with Gasteiger partial charge in [-0.15, -0.1) is 6.42 Å². The van der Waals surface area contributed by atoms with E-state index in [2.05, 4.69) is 23.5 Å². The standard InChI is InChI=1S/C34H53N3O4S/c1-7-9-10-11-12-18-24-37(32(39)29(23-25-42-6)36-33(40)41-34(3,4)5)30(28-22-17-16-19-26(28)8-2)31(38)35-27-20-14-13-15-21-27/h2,16-17,19,22,27,29-30H,7,9-15,18,20-21,23-25H2,1,3-6H3,(H,35,38)(H,36,40). The molecule has 2 rings (SSSR count). The SMILES string of the molecule is C#Cc1ccccc1C(C(=O)NC1CCCCC1)N(CCCCCCCC)C(=O)C(CCSC)NC(=O)OC(C)(C)C. The van der Waals surface area contributed by atoms with Gasteiger partial charge in [-0.3, -0.25) is 9.59 Å². The number of carbonyl (C=O) groups is 3. The number of ether oxygens (including phenoxy) is 1. The van der Waals surface area contributed by atoms with Crippen LogP contribution in [0.3, 0.4) is 0 Å². The predicted molar refractivity (Wildman–Crippen MR) is 173 cm³/mol. The van der Waals surface area contributed by atoms with Crippen molar-refractivity contribution in [3.8, 4) is 12.3 Å². The number of thioether (sulfide) groups is 1. The zero-order chi connectivity index (χ0) is 31.0. The molecule has 0 saturated heterocycles. The normalized spacial score (nSPS) is 15.2. The summed E-state index contributed by atoms with van der Waals surface area (Å²) in [6.45, 7) is 7.94. The van der Waals surface area contributed by atoms with Gasteiger partial charge in [0.15, 0.2) is 0 Å². The highest BCUT2D eigenvalue weighted by molar-refractivity contribution is 7.98. The molecular formula is C34H53N3O4S. The molecule has 234 valence electrons. The van der Waals surface area contributed by atoms with Gasteiger partial charge in [-0.2, -0.15) is 11.8 Å². The molecule has 1 saturated carbocycles. The lowest BCUT2D eigenvalue weighted by Gasteiger charge is -2.36. The van der Waals surface area contributed by atoms with E-state index in [1.54, 1.807) is 37.4 Å². The molecule has 0 bridgehead atoms. The van der Waals surface area contributed by atoms with Gasteiger partial charge in [-0.1, -0.05) is 82.4 Å². The minimum Gasteiger partial charge on any atom is -0.444 e. The summed E-state index contributed by atoms with van der Waals surface area (Å²) in [5, 5.41) is 6.08. The van der Waals surface area contributed by atoms with Crippen LogP contribution < -0.4 is 10.6 Å². The van der Waals surface area contributed by atoms with E-state index in [-0.39, 0.29) is 17.9 Å². The molecule has 0 aromatic heterocycles. The average Bonchev–Trinajstić information content (AvgIpc) is 2.95. The molecule has 0 heterocycles. The first-order valence-corrected chi connectivity index (χ1v) is 17.2. The van der Waals surface area contributed by atoms with Crippen LogP contribution in [0, 0.1) is 12.3 Å². The Balaban J connectivity index is 2.48. The molecule has 2 unspecified atom stereocenters. The molecule has 2 atom stereocenters. The topological polar surface area (TPSA) is 87.7 Å². The van der Waals surface area contributed by atoms with Crippen LogP contribution in [-0.4, -0.2) is 59.0 Å². The number of carbonyl (C=O) groups excluding carboxylic acids is 3. The van der Waals surface area contributed by atoms with Crippen molar-refractivity contribution in [1.82, 2.24) is 15.5 Å². The van der Waals surface area contributed by atoms with Gasteiger partial charge in [0.25, 0.3) is 0 Å². The molecule has 1 aliphatic carbocycles. The van der Waals surface area contributed by atoms with Gasteiger partial charge in [0, 0.05) is 18.2 Å². The molecule has 8 heteroatoms.